The van der Waals surface area contributed by atoms with Crippen LogP contribution in [0.15, 0.2) is 59.5 Å². The highest BCUT2D eigenvalue weighted by molar-refractivity contribution is 7.91. The Morgan fingerprint density at radius 2 is 1.61 bits per heavy atom. The normalized spacial score (nSPS) is 12.0. The van der Waals surface area contributed by atoms with Crippen molar-refractivity contribution >= 4 is 37.6 Å². The number of benzene rings is 2. The summed E-state index contributed by atoms with van der Waals surface area (Å²) >= 11 is 1.06. The number of anilines is 2. The van der Waals surface area contributed by atoms with E-state index in [-0.39, 0.29) is 26.7 Å². The molecule has 1 aromatic heterocycles. The molecule has 31 heavy (non-hydrogen) atoms. The van der Waals surface area contributed by atoms with Crippen LogP contribution in [0.3, 0.4) is 0 Å². The molecule has 3 aromatic rings. The first-order chi connectivity index (χ1) is 14.5. The largest absolute Gasteiger partial charge is 0.396 e. The summed E-state index contributed by atoms with van der Waals surface area (Å²) in [5, 5.41) is 3.50. The third-order valence-electron chi connectivity index (χ3n) is 5.01. The number of hydrogen-bond acceptors (Lipinski definition) is 7. The second-order valence-electron chi connectivity index (χ2n) is 8.27. The number of hydrogen-bond donors (Lipinski definition) is 3. The van der Waals surface area contributed by atoms with Gasteiger partial charge in [0.1, 0.15) is 14.8 Å². The van der Waals surface area contributed by atoms with Crippen LogP contribution in [0.25, 0.3) is 11.1 Å². The first kappa shape index (κ1) is 23.0. The standard InChI is InChI=1S/C23H27N3O3S2/c1-23(2,13-24)14-26-22-21(31(3,28)29)18(25)20(30-22)19(27)17-11-9-16(10-12-17)15-7-5-4-6-8-15/h4-12,26H,13-14,24-25H2,1-3H3. The average molecular weight is 458 g/mol. The molecule has 3 rings (SSSR count). The molecule has 0 fully saturated rings. The Morgan fingerprint density at radius 1 is 1.03 bits per heavy atom. The molecule has 0 bridgehead atoms. The molecule has 0 saturated carbocycles. The minimum absolute atomic E-state index is 0.0160. The molecule has 0 amide bonds. The van der Waals surface area contributed by atoms with E-state index >= 15 is 0 Å². The number of carbonyl (C=O) groups is 1. The molecular weight excluding hydrogens is 430 g/mol. The van der Waals surface area contributed by atoms with Crippen LogP contribution in [0.2, 0.25) is 0 Å². The predicted molar refractivity (Wildman–Crippen MR) is 128 cm³/mol. The molecule has 0 aliphatic carbocycles. The van der Waals surface area contributed by atoms with Crippen LogP contribution in [0, 0.1) is 5.41 Å². The summed E-state index contributed by atoms with van der Waals surface area (Å²) in [5.41, 5.74) is 14.2. The molecule has 0 aliphatic heterocycles. The fourth-order valence-corrected chi connectivity index (χ4v) is 5.58. The molecule has 5 N–H and O–H groups in total. The summed E-state index contributed by atoms with van der Waals surface area (Å²) in [6, 6.07) is 17.0. The third-order valence-corrected chi connectivity index (χ3v) is 7.47. The number of rotatable bonds is 8. The number of thiophene rings is 1. The summed E-state index contributed by atoms with van der Waals surface area (Å²) in [5.74, 6) is -0.307. The van der Waals surface area contributed by atoms with E-state index in [9.17, 15) is 13.2 Å². The number of nitrogens with one attached hydrogen (secondary N) is 1. The zero-order valence-electron chi connectivity index (χ0n) is 17.8. The number of sulfone groups is 1. The van der Waals surface area contributed by atoms with Crippen molar-refractivity contribution in [2.75, 3.05) is 30.4 Å². The first-order valence-electron chi connectivity index (χ1n) is 9.80. The third kappa shape index (κ3) is 5.15. The minimum atomic E-state index is -3.64. The SMILES string of the molecule is CC(C)(CN)CNc1sc(C(=O)c2ccc(-c3ccccc3)cc2)c(N)c1S(C)(=O)=O. The summed E-state index contributed by atoms with van der Waals surface area (Å²) in [7, 11) is -3.64. The lowest BCUT2D eigenvalue weighted by Gasteiger charge is -2.23. The molecule has 0 radical (unpaired) electrons. The zero-order valence-corrected chi connectivity index (χ0v) is 19.4. The van der Waals surface area contributed by atoms with Gasteiger partial charge in [0.2, 0.25) is 5.78 Å². The van der Waals surface area contributed by atoms with Gasteiger partial charge >= 0.3 is 0 Å². The lowest BCUT2D eigenvalue weighted by molar-refractivity contribution is 0.104. The molecule has 0 unspecified atom stereocenters. The van der Waals surface area contributed by atoms with Crippen LogP contribution < -0.4 is 16.8 Å². The molecule has 0 atom stereocenters. The highest BCUT2D eigenvalue weighted by Crippen LogP contribution is 2.40. The number of carbonyl (C=O) groups excluding carboxylic acids is 1. The van der Waals surface area contributed by atoms with Crippen molar-refractivity contribution in [1.29, 1.82) is 0 Å². The molecule has 0 spiro atoms. The summed E-state index contributed by atoms with van der Waals surface area (Å²) < 4.78 is 24.8. The van der Waals surface area contributed by atoms with Crippen LogP contribution in [0.5, 0.6) is 0 Å². The van der Waals surface area contributed by atoms with E-state index < -0.39 is 9.84 Å². The maximum absolute atomic E-state index is 13.2. The Balaban J connectivity index is 1.95. The Morgan fingerprint density at radius 3 is 2.16 bits per heavy atom. The topological polar surface area (TPSA) is 115 Å². The van der Waals surface area contributed by atoms with Crippen LogP contribution in [0.4, 0.5) is 10.7 Å². The minimum Gasteiger partial charge on any atom is -0.396 e. The highest BCUT2D eigenvalue weighted by atomic mass is 32.2. The summed E-state index contributed by atoms with van der Waals surface area (Å²) in [6.07, 6.45) is 1.09. The predicted octanol–water partition coefficient (Wildman–Crippen LogP) is 4.03. The second kappa shape index (κ2) is 8.82. The lowest BCUT2D eigenvalue weighted by Crippen LogP contribution is -2.31. The Bertz CT molecular complexity index is 1180. The quantitative estimate of drug-likeness (QED) is 0.440. The van der Waals surface area contributed by atoms with Crippen LogP contribution in [-0.4, -0.2) is 33.5 Å². The van der Waals surface area contributed by atoms with Crippen molar-refractivity contribution in [3.05, 3.63) is 65.0 Å². The van der Waals surface area contributed by atoms with Crippen molar-refractivity contribution in [2.24, 2.45) is 11.1 Å². The van der Waals surface area contributed by atoms with Gasteiger partial charge in [-0.25, -0.2) is 8.42 Å². The molecular formula is C23H27N3O3S2. The van der Waals surface area contributed by atoms with E-state index in [1.165, 1.54) is 0 Å². The van der Waals surface area contributed by atoms with Crippen molar-refractivity contribution in [3.63, 3.8) is 0 Å². The fourth-order valence-electron chi connectivity index (χ4n) is 3.05. The van der Waals surface area contributed by atoms with Crippen molar-refractivity contribution in [1.82, 2.24) is 0 Å². The van der Waals surface area contributed by atoms with E-state index in [1.54, 1.807) is 12.1 Å². The zero-order chi connectivity index (χ0) is 22.8. The van der Waals surface area contributed by atoms with Crippen molar-refractivity contribution < 1.29 is 13.2 Å². The molecule has 1 heterocycles. The summed E-state index contributed by atoms with van der Waals surface area (Å²) in [4.78, 5) is 13.3. The van der Waals surface area contributed by atoms with Gasteiger partial charge < -0.3 is 16.8 Å². The van der Waals surface area contributed by atoms with Crippen molar-refractivity contribution in [3.8, 4) is 11.1 Å². The number of nitrogen functional groups attached to an aromatic ring is 1. The van der Waals surface area contributed by atoms with Gasteiger partial charge in [-0.3, -0.25) is 4.79 Å². The van der Waals surface area contributed by atoms with E-state index in [2.05, 4.69) is 5.32 Å². The van der Waals surface area contributed by atoms with E-state index in [4.69, 9.17) is 11.5 Å². The van der Waals surface area contributed by atoms with Gasteiger partial charge in [0, 0.05) is 18.4 Å². The highest BCUT2D eigenvalue weighted by Gasteiger charge is 2.28. The average Bonchev–Trinajstić information content (AvgIpc) is 3.09. The number of nitrogens with two attached hydrogens (primary N) is 2. The lowest BCUT2D eigenvalue weighted by atomic mass is 9.94. The molecule has 6 nitrogen and oxygen atoms in total. The molecule has 8 heteroatoms. The van der Waals surface area contributed by atoms with Crippen LogP contribution in [-0.2, 0) is 9.84 Å². The molecule has 0 aliphatic rings. The van der Waals surface area contributed by atoms with Crippen molar-refractivity contribution in [2.45, 2.75) is 18.7 Å². The van der Waals surface area contributed by atoms with Crippen LogP contribution >= 0.6 is 11.3 Å². The second-order valence-corrected chi connectivity index (χ2v) is 11.2. The Labute approximate surface area is 187 Å². The smallest absolute Gasteiger partial charge is 0.205 e. The van der Waals surface area contributed by atoms with Gasteiger partial charge in [0.15, 0.2) is 9.84 Å². The van der Waals surface area contributed by atoms with Crippen LogP contribution in [0.1, 0.15) is 29.1 Å². The molecule has 164 valence electrons. The maximum Gasteiger partial charge on any atom is 0.205 e. The monoisotopic (exact) mass is 457 g/mol. The summed E-state index contributed by atoms with van der Waals surface area (Å²) in [6.45, 7) is 4.81. The van der Waals surface area contributed by atoms with E-state index in [0.29, 0.717) is 23.7 Å². The van der Waals surface area contributed by atoms with E-state index in [0.717, 1.165) is 28.7 Å². The number of ketones is 1. The van der Waals surface area contributed by atoms with Gasteiger partial charge in [-0.05, 0) is 23.1 Å². The Kier molecular flexibility index (Phi) is 6.54. The first-order valence-corrected chi connectivity index (χ1v) is 12.5. The van der Waals surface area contributed by atoms with Gasteiger partial charge in [0.25, 0.3) is 0 Å². The molecule has 0 saturated heterocycles. The van der Waals surface area contributed by atoms with Gasteiger partial charge in [-0.15, -0.1) is 11.3 Å². The van der Waals surface area contributed by atoms with Gasteiger partial charge in [-0.2, -0.15) is 0 Å². The van der Waals surface area contributed by atoms with Gasteiger partial charge in [-0.1, -0.05) is 68.4 Å². The maximum atomic E-state index is 13.2. The van der Waals surface area contributed by atoms with Gasteiger partial charge in [0.05, 0.1) is 5.69 Å². The van der Waals surface area contributed by atoms with E-state index in [1.807, 2.05) is 56.3 Å². The Hall–Kier alpha value is -2.68. The molecule has 2 aromatic carbocycles. The fraction of sp³-hybridized carbons (Fsp3) is 0.261.